The third kappa shape index (κ3) is 2.79. The average Bonchev–Trinajstić information content (AvgIpc) is 3.15. The molecule has 0 aliphatic rings. The minimum Gasteiger partial charge on any atom is -0.372 e. The van der Waals surface area contributed by atoms with E-state index in [1.54, 1.807) is 0 Å². The summed E-state index contributed by atoms with van der Waals surface area (Å²) in [6.45, 7) is 0.169. The highest BCUT2D eigenvalue weighted by molar-refractivity contribution is 7.13. The van der Waals surface area contributed by atoms with E-state index in [9.17, 15) is 14.5 Å². The number of nitrogens with zero attached hydrogens (tertiary/aromatic N) is 3. The van der Waals surface area contributed by atoms with Gasteiger partial charge >= 0.3 is 5.69 Å². The summed E-state index contributed by atoms with van der Waals surface area (Å²) in [6, 6.07) is 7.68. The lowest BCUT2D eigenvalue weighted by Crippen LogP contribution is -2.05. The van der Waals surface area contributed by atoms with E-state index in [-0.39, 0.29) is 12.2 Å². The summed E-state index contributed by atoms with van der Waals surface area (Å²) in [5, 5.41) is 22.4. The summed E-state index contributed by atoms with van der Waals surface area (Å²) in [7, 11) is 0. The first-order chi connectivity index (χ1) is 10.6. The van der Waals surface area contributed by atoms with Crippen LogP contribution in [0.4, 0.5) is 15.8 Å². The molecule has 22 heavy (non-hydrogen) atoms. The van der Waals surface area contributed by atoms with Gasteiger partial charge in [0, 0.05) is 0 Å². The van der Waals surface area contributed by atoms with Gasteiger partial charge in [-0.2, -0.15) is 9.49 Å². The number of H-pyrrole nitrogens is 1. The number of rotatable bonds is 5. The second kappa shape index (κ2) is 5.90. The Morgan fingerprint density at radius 2 is 2.23 bits per heavy atom. The Bertz CT molecular complexity index is 803. The Hall–Kier alpha value is -2.81. The summed E-state index contributed by atoms with van der Waals surface area (Å²) >= 11 is 1.51. The number of aromatic amines is 1. The minimum atomic E-state index is -0.883. The van der Waals surface area contributed by atoms with Gasteiger partial charge in [-0.3, -0.25) is 15.2 Å². The Morgan fingerprint density at radius 1 is 1.36 bits per heavy atom. The highest BCUT2D eigenvalue weighted by Gasteiger charge is 2.19. The molecule has 7 nitrogen and oxygen atoms in total. The number of nitrogens with one attached hydrogen (secondary N) is 2. The molecule has 0 aliphatic carbocycles. The molecule has 9 heteroatoms. The molecule has 0 spiro atoms. The summed E-state index contributed by atoms with van der Waals surface area (Å²) < 4.78 is 13.5. The molecule has 2 N–H and O–H groups in total. The van der Waals surface area contributed by atoms with Crippen LogP contribution in [-0.2, 0) is 6.54 Å². The smallest absolute Gasteiger partial charge is 0.327 e. The molecular formula is C13H10FN5O2S. The largest absolute Gasteiger partial charge is 0.372 e. The summed E-state index contributed by atoms with van der Waals surface area (Å²) in [5.74, 6) is 0.175. The third-order valence-corrected chi connectivity index (χ3v) is 3.75. The summed E-state index contributed by atoms with van der Waals surface area (Å²) in [6.07, 6.45) is 0. The van der Waals surface area contributed by atoms with Crippen molar-refractivity contribution in [1.82, 2.24) is 15.2 Å². The molecular weight excluding hydrogens is 309 g/mol. The average molecular weight is 319 g/mol. The quantitative estimate of drug-likeness (QED) is 0.556. The van der Waals surface area contributed by atoms with E-state index in [1.165, 1.54) is 23.5 Å². The van der Waals surface area contributed by atoms with Crippen molar-refractivity contribution in [2.24, 2.45) is 0 Å². The Balaban J connectivity index is 1.76. The number of benzene rings is 1. The number of thiophene rings is 1. The van der Waals surface area contributed by atoms with Crippen LogP contribution < -0.4 is 5.32 Å². The van der Waals surface area contributed by atoms with Gasteiger partial charge in [-0.25, -0.2) is 4.98 Å². The number of hydrogen-bond acceptors (Lipinski definition) is 6. The predicted molar refractivity (Wildman–Crippen MR) is 80.1 cm³/mol. The first-order valence-corrected chi connectivity index (χ1v) is 7.15. The van der Waals surface area contributed by atoms with Crippen molar-refractivity contribution in [3.63, 3.8) is 0 Å². The maximum Gasteiger partial charge on any atom is 0.327 e. The van der Waals surface area contributed by atoms with E-state index < -0.39 is 16.4 Å². The van der Waals surface area contributed by atoms with E-state index in [4.69, 9.17) is 0 Å². The van der Waals surface area contributed by atoms with Crippen molar-refractivity contribution < 1.29 is 9.31 Å². The zero-order valence-corrected chi connectivity index (χ0v) is 11.9. The van der Waals surface area contributed by atoms with Gasteiger partial charge in [-0.1, -0.05) is 12.1 Å². The van der Waals surface area contributed by atoms with Crippen molar-refractivity contribution >= 4 is 22.7 Å². The van der Waals surface area contributed by atoms with Crippen LogP contribution in [0.1, 0.15) is 5.82 Å². The number of hydrogen-bond donors (Lipinski definition) is 2. The molecule has 0 fully saturated rings. The van der Waals surface area contributed by atoms with Crippen molar-refractivity contribution in [3.05, 3.63) is 57.5 Å². The van der Waals surface area contributed by atoms with Crippen LogP contribution in [0.3, 0.4) is 0 Å². The summed E-state index contributed by atoms with van der Waals surface area (Å²) in [4.78, 5) is 15.3. The molecule has 0 radical (unpaired) electrons. The third-order valence-electron chi connectivity index (χ3n) is 2.89. The van der Waals surface area contributed by atoms with Gasteiger partial charge in [0.25, 0.3) is 0 Å². The molecule has 0 saturated carbocycles. The van der Waals surface area contributed by atoms with E-state index in [0.717, 1.165) is 10.9 Å². The van der Waals surface area contributed by atoms with Crippen molar-refractivity contribution in [3.8, 4) is 10.7 Å². The molecule has 112 valence electrons. The fourth-order valence-electron chi connectivity index (χ4n) is 1.91. The lowest BCUT2D eigenvalue weighted by molar-refractivity contribution is -0.386. The van der Waals surface area contributed by atoms with Crippen LogP contribution in [0, 0.1) is 15.9 Å². The number of halogens is 1. The van der Waals surface area contributed by atoms with Crippen LogP contribution >= 0.6 is 11.3 Å². The van der Waals surface area contributed by atoms with E-state index in [0.29, 0.717) is 11.6 Å². The van der Waals surface area contributed by atoms with Gasteiger partial charge < -0.3 is 5.32 Å². The standard InChI is InChI=1S/C13H10FN5O2S/c14-8-3-1-4-9(12(8)19(20)21)15-7-11-16-13(18-17-11)10-5-2-6-22-10/h1-6,15H,7H2,(H,16,17,18). The second-order valence-corrected chi connectivity index (χ2v) is 5.28. The molecule has 3 aromatic rings. The molecule has 3 rings (SSSR count). The number of nitro benzene ring substituents is 1. The maximum atomic E-state index is 13.5. The van der Waals surface area contributed by atoms with Crippen LogP contribution in [-0.4, -0.2) is 20.1 Å². The molecule has 0 bridgehead atoms. The van der Waals surface area contributed by atoms with Crippen molar-refractivity contribution in [1.29, 1.82) is 0 Å². The molecule has 0 unspecified atom stereocenters. The number of nitro groups is 1. The predicted octanol–water partition coefficient (Wildman–Crippen LogP) is 3.19. The van der Waals surface area contributed by atoms with Gasteiger partial charge in [0.15, 0.2) is 5.82 Å². The maximum absolute atomic E-state index is 13.5. The second-order valence-electron chi connectivity index (χ2n) is 4.33. The zero-order valence-electron chi connectivity index (χ0n) is 11.1. The van der Waals surface area contributed by atoms with E-state index in [1.807, 2.05) is 17.5 Å². The Morgan fingerprint density at radius 3 is 2.95 bits per heavy atom. The van der Waals surface area contributed by atoms with Crippen molar-refractivity contribution in [2.75, 3.05) is 5.32 Å². The Labute approximate surface area is 128 Å². The lowest BCUT2D eigenvalue weighted by atomic mass is 10.2. The SMILES string of the molecule is O=[N+]([O-])c1c(F)cccc1NCc1nc(-c2cccs2)n[nH]1. The first kappa shape index (κ1) is 14.1. The first-order valence-electron chi connectivity index (χ1n) is 6.27. The Kier molecular flexibility index (Phi) is 3.79. The van der Waals surface area contributed by atoms with Gasteiger partial charge in [-0.05, 0) is 23.6 Å². The van der Waals surface area contributed by atoms with E-state index >= 15 is 0 Å². The van der Waals surface area contributed by atoms with Gasteiger partial charge in [0.1, 0.15) is 11.5 Å². The number of para-hydroxylation sites is 1. The molecule has 2 heterocycles. The molecule has 1 aromatic carbocycles. The number of aromatic nitrogens is 3. The molecule has 0 saturated heterocycles. The molecule has 0 aliphatic heterocycles. The van der Waals surface area contributed by atoms with Crippen LogP contribution in [0.5, 0.6) is 0 Å². The fraction of sp³-hybridized carbons (Fsp3) is 0.0769. The highest BCUT2D eigenvalue weighted by Crippen LogP contribution is 2.27. The van der Waals surface area contributed by atoms with Crippen LogP contribution in [0.2, 0.25) is 0 Å². The molecule has 0 amide bonds. The molecule has 0 atom stereocenters. The minimum absolute atomic E-state index is 0.0964. The highest BCUT2D eigenvalue weighted by atomic mass is 32.1. The fourth-order valence-corrected chi connectivity index (χ4v) is 2.57. The van der Waals surface area contributed by atoms with Crippen molar-refractivity contribution in [2.45, 2.75) is 6.54 Å². The monoisotopic (exact) mass is 319 g/mol. The normalized spacial score (nSPS) is 10.6. The van der Waals surface area contributed by atoms with Gasteiger partial charge in [0.05, 0.1) is 16.3 Å². The van der Waals surface area contributed by atoms with Crippen LogP contribution in [0.25, 0.3) is 10.7 Å². The lowest BCUT2D eigenvalue weighted by Gasteiger charge is -2.05. The molecule has 2 aromatic heterocycles. The zero-order chi connectivity index (χ0) is 15.5. The number of anilines is 1. The van der Waals surface area contributed by atoms with Gasteiger partial charge in [0.2, 0.25) is 5.82 Å². The van der Waals surface area contributed by atoms with E-state index in [2.05, 4.69) is 20.5 Å². The van der Waals surface area contributed by atoms with Crippen LogP contribution in [0.15, 0.2) is 35.7 Å². The topological polar surface area (TPSA) is 96.7 Å². The summed E-state index contributed by atoms with van der Waals surface area (Å²) in [5.41, 5.74) is -0.487. The van der Waals surface area contributed by atoms with Gasteiger partial charge in [-0.15, -0.1) is 11.3 Å².